The molecule has 2 aliphatic rings. The highest BCUT2D eigenvalue weighted by Gasteiger charge is 2.58. The van der Waals surface area contributed by atoms with Crippen LogP contribution < -0.4 is 4.74 Å². The predicted octanol–water partition coefficient (Wildman–Crippen LogP) is 5.38. The first-order chi connectivity index (χ1) is 17.5. The third-order valence-electron chi connectivity index (χ3n) is 7.40. The summed E-state index contributed by atoms with van der Waals surface area (Å²) in [6.07, 6.45) is 11.5. The zero-order chi connectivity index (χ0) is 25.4. The van der Waals surface area contributed by atoms with Gasteiger partial charge in [-0.15, -0.1) is 0 Å². The fourth-order valence-corrected chi connectivity index (χ4v) is 5.54. The van der Waals surface area contributed by atoms with E-state index in [1.165, 1.54) is 24.8 Å². The van der Waals surface area contributed by atoms with Crippen LogP contribution in [0.1, 0.15) is 37.7 Å². The average Bonchev–Trinajstić information content (AvgIpc) is 3.47. The maximum Gasteiger partial charge on any atom is 0.305 e. The molecule has 4 rings (SSSR count). The van der Waals surface area contributed by atoms with Crippen molar-refractivity contribution in [2.24, 2.45) is 11.8 Å². The summed E-state index contributed by atoms with van der Waals surface area (Å²) >= 11 is 0. The highest BCUT2D eigenvalue weighted by molar-refractivity contribution is 5.69. The minimum atomic E-state index is -0.781. The van der Waals surface area contributed by atoms with E-state index in [9.17, 15) is 14.3 Å². The number of esters is 1. The van der Waals surface area contributed by atoms with Crippen LogP contribution in [0.3, 0.4) is 0 Å². The Labute approximate surface area is 212 Å². The Balaban J connectivity index is 1.42. The highest BCUT2D eigenvalue weighted by atomic mass is 19.1. The molecule has 5 atom stereocenters. The van der Waals surface area contributed by atoms with Crippen molar-refractivity contribution < 1.29 is 28.5 Å². The van der Waals surface area contributed by atoms with E-state index in [0.29, 0.717) is 24.7 Å². The van der Waals surface area contributed by atoms with Gasteiger partial charge in [0.15, 0.2) is 0 Å². The number of methoxy groups -OCH3 is 1. The summed E-state index contributed by atoms with van der Waals surface area (Å²) in [5, 5.41) is 10.5. The zero-order valence-electron chi connectivity index (χ0n) is 20.7. The lowest BCUT2D eigenvalue weighted by Gasteiger charge is -2.38. The normalized spacial score (nSPS) is 26.0. The van der Waals surface area contributed by atoms with E-state index in [2.05, 4.69) is 42.5 Å². The molecule has 0 unspecified atom stereocenters. The maximum absolute atomic E-state index is 13.1. The summed E-state index contributed by atoms with van der Waals surface area (Å²) in [7, 11) is 1.41. The van der Waals surface area contributed by atoms with Gasteiger partial charge in [0.05, 0.1) is 19.8 Å². The Bertz CT molecular complexity index is 1040. The molecule has 0 spiro atoms. The summed E-state index contributed by atoms with van der Waals surface area (Å²) in [5.74, 6) is 0.514. The summed E-state index contributed by atoms with van der Waals surface area (Å²) in [5.41, 5.74) is 1.24. The molecule has 0 aromatic heterocycles. The predicted molar refractivity (Wildman–Crippen MR) is 136 cm³/mol. The fraction of sp³-hybridized carbons (Fsp3) is 0.433. The SMILES string of the molecule is COC(=O)CCCC=CC[C@H]1[C@H](C=C[C@@H](O)COc2ccc(F)cc2)[C@@H]2C[C@@]1(c1ccccc1)CO2. The second kappa shape index (κ2) is 12.3. The van der Waals surface area contributed by atoms with E-state index in [4.69, 9.17) is 14.2 Å². The van der Waals surface area contributed by atoms with Crippen molar-refractivity contribution in [3.05, 3.63) is 90.3 Å². The quantitative estimate of drug-likeness (QED) is 0.244. The van der Waals surface area contributed by atoms with Crippen molar-refractivity contribution in [3.8, 4) is 5.75 Å². The number of unbranched alkanes of at least 4 members (excludes halogenated alkanes) is 1. The lowest BCUT2D eigenvalue weighted by Crippen LogP contribution is -2.39. The van der Waals surface area contributed by atoms with Crippen molar-refractivity contribution in [1.29, 1.82) is 0 Å². The monoisotopic (exact) mass is 494 g/mol. The molecule has 0 radical (unpaired) electrons. The van der Waals surface area contributed by atoms with Gasteiger partial charge in [0.1, 0.15) is 24.3 Å². The molecule has 2 bridgehead atoms. The number of hydrogen-bond donors (Lipinski definition) is 1. The molecule has 1 aliphatic carbocycles. The third-order valence-corrected chi connectivity index (χ3v) is 7.40. The summed E-state index contributed by atoms with van der Waals surface area (Å²) in [4.78, 5) is 11.3. The van der Waals surface area contributed by atoms with Crippen LogP contribution in [-0.2, 0) is 19.7 Å². The van der Waals surface area contributed by atoms with Gasteiger partial charge in [-0.1, -0.05) is 54.6 Å². The van der Waals surface area contributed by atoms with Crippen LogP contribution in [0.4, 0.5) is 4.39 Å². The first-order valence-electron chi connectivity index (χ1n) is 12.7. The molecule has 192 valence electrons. The first-order valence-corrected chi connectivity index (χ1v) is 12.7. The minimum Gasteiger partial charge on any atom is -0.491 e. The van der Waals surface area contributed by atoms with E-state index < -0.39 is 6.10 Å². The van der Waals surface area contributed by atoms with Crippen LogP contribution in [0, 0.1) is 17.7 Å². The minimum absolute atomic E-state index is 0.0626. The number of ether oxygens (including phenoxy) is 3. The molecule has 1 aliphatic heterocycles. The molecule has 1 N–H and O–H groups in total. The molecular formula is C30H35FO5. The lowest BCUT2D eigenvalue weighted by atomic mass is 9.69. The van der Waals surface area contributed by atoms with Crippen molar-refractivity contribution in [2.45, 2.75) is 49.7 Å². The molecule has 2 aromatic carbocycles. The van der Waals surface area contributed by atoms with Gasteiger partial charge in [-0.25, -0.2) is 4.39 Å². The number of allylic oxidation sites excluding steroid dienone is 2. The van der Waals surface area contributed by atoms with Crippen molar-refractivity contribution >= 4 is 5.97 Å². The lowest BCUT2D eigenvalue weighted by molar-refractivity contribution is -0.140. The van der Waals surface area contributed by atoms with Crippen LogP contribution in [0.5, 0.6) is 5.75 Å². The first kappa shape index (κ1) is 26.1. The number of fused-ring (bicyclic) bond motifs is 2. The van der Waals surface area contributed by atoms with Gasteiger partial charge < -0.3 is 19.3 Å². The maximum atomic E-state index is 13.1. The number of aliphatic hydroxyl groups excluding tert-OH is 1. The smallest absolute Gasteiger partial charge is 0.305 e. The average molecular weight is 495 g/mol. The van der Waals surface area contributed by atoms with E-state index in [1.807, 2.05) is 6.07 Å². The van der Waals surface area contributed by atoms with E-state index >= 15 is 0 Å². The van der Waals surface area contributed by atoms with Crippen LogP contribution in [0.2, 0.25) is 0 Å². The molecule has 2 aromatic rings. The molecule has 1 heterocycles. The van der Waals surface area contributed by atoms with E-state index in [1.54, 1.807) is 18.2 Å². The van der Waals surface area contributed by atoms with Gasteiger partial charge in [0.25, 0.3) is 0 Å². The molecule has 1 saturated carbocycles. The van der Waals surface area contributed by atoms with Gasteiger partial charge in [0, 0.05) is 17.8 Å². The van der Waals surface area contributed by atoms with E-state index in [0.717, 1.165) is 25.7 Å². The fourth-order valence-electron chi connectivity index (χ4n) is 5.54. The van der Waals surface area contributed by atoms with Gasteiger partial charge in [-0.05, 0) is 61.4 Å². The third kappa shape index (κ3) is 6.23. The van der Waals surface area contributed by atoms with Crippen LogP contribution in [0.25, 0.3) is 0 Å². The summed E-state index contributed by atoms with van der Waals surface area (Å²) < 4.78 is 29.6. The van der Waals surface area contributed by atoms with Gasteiger partial charge >= 0.3 is 5.97 Å². The molecule has 0 amide bonds. The van der Waals surface area contributed by atoms with Crippen molar-refractivity contribution in [1.82, 2.24) is 0 Å². The Kier molecular flexibility index (Phi) is 8.94. The number of benzene rings is 2. The molecule has 5 nitrogen and oxygen atoms in total. The molecule has 2 fully saturated rings. The summed E-state index contributed by atoms with van der Waals surface area (Å²) in [6.45, 7) is 0.790. The Hall–Kier alpha value is -2.96. The number of halogens is 1. The van der Waals surface area contributed by atoms with E-state index in [-0.39, 0.29) is 35.8 Å². The second-order valence-corrected chi connectivity index (χ2v) is 9.65. The van der Waals surface area contributed by atoms with Crippen molar-refractivity contribution in [2.75, 3.05) is 20.3 Å². The number of carbonyl (C=O) groups excluding carboxylic acids is 1. The topological polar surface area (TPSA) is 65.0 Å². The number of carbonyl (C=O) groups is 1. The Morgan fingerprint density at radius 1 is 1.19 bits per heavy atom. The molecule has 1 saturated heterocycles. The number of rotatable bonds is 12. The van der Waals surface area contributed by atoms with Crippen molar-refractivity contribution in [3.63, 3.8) is 0 Å². The zero-order valence-corrected chi connectivity index (χ0v) is 20.7. The second-order valence-electron chi connectivity index (χ2n) is 9.65. The highest BCUT2D eigenvalue weighted by Crippen LogP contribution is 2.57. The molecular weight excluding hydrogens is 459 g/mol. The Morgan fingerprint density at radius 2 is 1.97 bits per heavy atom. The summed E-state index contributed by atoms with van der Waals surface area (Å²) in [6, 6.07) is 16.3. The van der Waals surface area contributed by atoms with Gasteiger partial charge in [-0.3, -0.25) is 4.79 Å². The van der Waals surface area contributed by atoms with Crippen LogP contribution in [-0.4, -0.2) is 43.6 Å². The molecule has 36 heavy (non-hydrogen) atoms. The number of hydrogen-bond acceptors (Lipinski definition) is 5. The standard InChI is InChI=1S/C30H35FO5/c1-34-29(33)12-8-3-2-7-11-27-26(18-15-24(32)20-35-25-16-13-23(31)14-17-25)28-19-30(27,21-36-28)22-9-5-4-6-10-22/h2,4-7,9-10,13-18,24,26-28,32H,3,8,11-12,19-21H2,1H3/t24-,26+,27+,28+,30+/m1/s1. The number of aliphatic hydroxyl groups is 1. The van der Waals surface area contributed by atoms with Crippen LogP contribution in [0.15, 0.2) is 78.9 Å². The molecule has 6 heteroatoms. The van der Waals surface area contributed by atoms with Gasteiger partial charge in [-0.2, -0.15) is 0 Å². The van der Waals surface area contributed by atoms with Crippen LogP contribution >= 0.6 is 0 Å². The van der Waals surface area contributed by atoms with Gasteiger partial charge in [0.2, 0.25) is 0 Å². The largest absolute Gasteiger partial charge is 0.491 e. The Morgan fingerprint density at radius 3 is 2.72 bits per heavy atom.